The maximum atomic E-state index is 6.16. The molecule has 0 bridgehead atoms. The highest BCUT2D eigenvalue weighted by Gasteiger charge is 2.44. The summed E-state index contributed by atoms with van der Waals surface area (Å²) >= 11 is 6.16. The van der Waals surface area contributed by atoms with Gasteiger partial charge in [0.2, 0.25) is 0 Å². The van der Waals surface area contributed by atoms with Crippen molar-refractivity contribution in [2.75, 3.05) is 12.4 Å². The molecule has 3 rings (SSSR count). The van der Waals surface area contributed by atoms with Crippen LogP contribution in [0.25, 0.3) is 0 Å². The van der Waals surface area contributed by atoms with Crippen molar-refractivity contribution in [1.29, 1.82) is 0 Å². The monoisotopic (exact) mass is 273 g/mol. The fourth-order valence-corrected chi connectivity index (χ4v) is 2.65. The predicted molar refractivity (Wildman–Crippen MR) is 79.0 cm³/mol. The standard InChI is InChI=1S/C16H16ClNO/c1-19-15-8-7-13(11-14(15)17)18-16(9-10-16)12-5-3-2-4-6-12/h2-8,11,18H,9-10H2,1H3. The van der Waals surface area contributed by atoms with Gasteiger partial charge in [0.05, 0.1) is 17.7 Å². The molecule has 0 amide bonds. The molecule has 0 heterocycles. The van der Waals surface area contributed by atoms with Gasteiger partial charge in [-0.2, -0.15) is 0 Å². The maximum absolute atomic E-state index is 6.16. The molecular formula is C16H16ClNO. The molecule has 0 saturated heterocycles. The molecule has 1 aliphatic rings. The van der Waals surface area contributed by atoms with E-state index in [0.717, 1.165) is 18.5 Å². The molecule has 19 heavy (non-hydrogen) atoms. The van der Waals surface area contributed by atoms with E-state index in [0.29, 0.717) is 10.8 Å². The first-order valence-electron chi connectivity index (χ1n) is 6.41. The number of nitrogens with one attached hydrogen (secondary N) is 1. The van der Waals surface area contributed by atoms with E-state index in [1.807, 2.05) is 24.3 Å². The largest absolute Gasteiger partial charge is 0.495 e. The highest BCUT2D eigenvalue weighted by atomic mass is 35.5. The van der Waals surface area contributed by atoms with Gasteiger partial charge in [-0.15, -0.1) is 0 Å². The van der Waals surface area contributed by atoms with Gasteiger partial charge in [-0.1, -0.05) is 41.9 Å². The van der Waals surface area contributed by atoms with Crippen LogP contribution in [0.2, 0.25) is 5.02 Å². The van der Waals surface area contributed by atoms with Crippen molar-refractivity contribution >= 4 is 17.3 Å². The van der Waals surface area contributed by atoms with Gasteiger partial charge < -0.3 is 10.1 Å². The van der Waals surface area contributed by atoms with E-state index in [-0.39, 0.29) is 5.54 Å². The predicted octanol–water partition coefficient (Wildman–Crippen LogP) is 4.45. The molecule has 0 radical (unpaired) electrons. The number of halogens is 1. The van der Waals surface area contributed by atoms with Crippen LogP contribution in [0.3, 0.4) is 0 Å². The minimum Gasteiger partial charge on any atom is -0.495 e. The molecule has 0 atom stereocenters. The van der Waals surface area contributed by atoms with Gasteiger partial charge in [-0.05, 0) is 36.6 Å². The van der Waals surface area contributed by atoms with E-state index < -0.39 is 0 Å². The summed E-state index contributed by atoms with van der Waals surface area (Å²) in [6.07, 6.45) is 2.31. The van der Waals surface area contributed by atoms with Crippen molar-refractivity contribution in [3.8, 4) is 5.75 Å². The van der Waals surface area contributed by atoms with Gasteiger partial charge in [0.1, 0.15) is 5.75 Å². The normalized spacial score (nSPS) is 15.9. The molecule has 0 spiro atoms. The second-order valence-electron chi connectivity index (χ2n) is 4.92. The zero-order chi connectivity index (χ0) is 13.3. The van der Waals surface area contributed by atoms with Crippen LogP contribution in [0, 0.1) is 0 Å². The molecule has 2 aromatic rings. The fraction of sp³-hybridized carbons (Fsp3) is 0.250. The molecule has 0 aromatic heterocycles. The third-order valence-corrected chi connectivity index (χ3v) is 3.91. The van der Waals surface area contributed by atoms with Crippen LogP contribution in [0.1, 0.15) is 18.4 Å². The summed E-state index contributed by atoms with van der Waals surface area (Å²) in [4.78, 5) is 0. The molecule has 1 N–H and O–H groups in total. The van der Waals surface area contributed by atoms with Crippen LogP contribution in [0.5, 0.6) is 5.75 Å². The highest BCUT2D eigenvalue weighted by Crippen LogP contribution is 2.48. The van der Waals surface area contributed by atoms with E-state index in [4.69, 9.17) is 16.3 Å². The second kappa shape index (κ2) is 4.78. The van der Waals surface area contributed by atoms with Gasteiger partial charge in [-0.25, -0.2) is 0 Å². The van der Waals surface area contributed by atoms with Gasteiger partial charge in [0.15, 0.2) is 0 Å². The van der Waals surface area contributed by atoms with Crippen molar-refractivity contribution in [3.63, 3.8) is 0 Å². The Kier molecular flexibility index (Phi) is 3.11. The first kappa shape index (κ1) is 12.4. The van der Waals surface area contributed by atoms with E-state index in [2.05, 4.69) is 29.6 Å². The Bertz CT molecular complexity index is 579. The molecule has 1 aliphatic carbocycles. The average molecular weight is 274 g/mol. The number of benzene rings is 2. The Hall–Kier alpha value is -1.67. The van der Waals surface area contributed by atoms with Crippen molar-refractivity contribution in [1.82, 2.24) is 0 Å². The molecule has 3 heteroatoms. The van der Waals surface area contributed by atoms with Crippen molar-refractivity contribution < 1.29 is 4.74 Å². The van der Waals surface area contributed by atoms with E-state index in [9.17, 15) is 0 Å². The molecule has 0 unspecified atom stereocenters. The number of rotatable bonds is 4. The Labute approximate surface area is 118 Å². The van der Waals surface area contributed by atoms with Gasteiger partial charge in [-0.3, -0.25) is 0 Å². The summed E-state index contributed by atoms with van der Waals surface area (Å²) in [7, 11) is 1.63. The third kappa shape index (κ3) is 2.41. The maximum Gasteiger partial charge on any atom is 0.137 e. The summed E-state index contributed by atoms with van der Waals surface area (Å²) < 4.78 is 5.17. The van der Waals surface area contributed by atoms with Crippen LogP contribution in [-0.2, 0) is 5.54 Å². The Morgan fingerprint density at radius 3 is 2.42 bits per heavy atom. The van der Waals surface area contributed by atoms with Crippen molar-refractivity contribution in [2.45, 2.75) is 18.4 Å². The average Bonchev–Trinajstić information content (AvgIpc) is 3.21. The van der Waals surface area contributed by atoms with E-state index >= 15 is 0 Å². The lowest BCUT2D eigenvalue weighted by molar-refractivity contribution is 0.415. The van der Waals surface area contributed by atoms with Crippen LogP contribution < -0.4 is 10.1 Å². The number of anilines is 1. The van der Waals surface area contributed by atoms with Crippen molar-refractivity contribution in [3.05, 3.63) is 59.1 Å². The van der Waals surface area contributed by atoms with Gasteiger partial charge in [0, 0.05) is 5.69 Å². The zero-order valence-electron chi connectivity index (χ0n) is 10.8. The molecule has 98 valence electrons. The summed E-state index contributed by atoms with van der Waals surface area (Å²) in [5.74, 6) is 0.705. The molecule has 2 aromatic carbocycles. The Balaban J connectivity index is 1.84. The number of hydrogen-bond donors (Lipinski definition) is 1. The summed E-state index contributed by atoms with van der Waals surface area (Å²) in [5, 5.41) is 4.23. The van der Waals surface area contributed by atoms with E-state index in [1.54, 1.807) is 7.11 Å². The summed E-state index contributed by atoms with van der Waals surface area (Å²) in [5.41, 5.74) is 2.45. The minimum absolute atomic E-state index is 0.0825. The van der Waals surface area contributed by atoms with Gasteiger partial charge >= 0.3 is 0 Å². The zero-order valence-corrected chi connectivity index (χ0v) is 11.6. The smallest absolute Gasteiger partial charge is 0.137 e. The topological polar surface area (TPSA) is 21.3 Å². The lowest BCUT2D eigenvalue weighted by atomic mass is 10.0. The molecule has 2 nitrogen and oxygen atoms in total. The first-order valence-corrected chi connectivity index (χ1v) is 6.79. The number of methoxy groups -OCH3 is 1. The lowest BCUT2D eigenvalue weighted by Crippen LogP contribution is -2.18. The Morgan fingerprint density at radius 1 is 1.11 bits per heavy atom. The van der Waals surface area contributed by atoms with E-state index in [1.165, 1.54) is 5.56 Å². The quantitative estimate of drug-likeness (QED) is 0.889. The van der Waals surface area contributed by atoms with Crippen LogP contribution in [0.15, 0.2) is 48.5 Å². The summed E-state index contributed by atoms with van der Waals surface area (Å²) in [6.45, 7) is 0. The molecule has 0 aliphatic heterocycles. The van der Waals surface area contributed by atoms with Crippen LogP contribution >= 0.6 is 11.6 Å². The third-order valence-electron chi connectivity index (χ3n) is 3.61. The fourth-order valence-electron chi connectivity index (χ4n) is 2.39. The molecular weight excluding hydrogens is 258 g/mol. The highest BCUT2D eigenvalue weighted by molar-refractivity contribution is 6.32. The van der Waals surface area contributed by atoms with Crippen molar-refractivity contribution in [2.24, 2.45) is 0 Å². The number of ether oxygens (including phenoxy) is 1. The summed E-state index contributed by atoms with van der Waals surface area (Å²) in [6, 6.07) is 16.4. The lowest BCUT2D eigenvalue weighted by Gasteiger charge is -2.20. The SMILES string of the molecule is COc1ccc(NC2(c3ccccc3)CC2)cc1Cl. The minimum atomic E-state index is 0.0825. The first-order chi connectivity index (χ1) is 9.23. The van der Waals surface area contributed by atoms with Gasteiger partial charge in [0.25, 0.3) is 0 Å². The number of hydrogen-bond acceptors (Lipinski definition) is 2. The van der Waals surface area contributed by atoms with Crippen LogP contribution in [0.4, 0.5) is 5.69 Å². The Morgan fingerprint density at radius 2 is 1.84 bits per heavy atom. The molecule has 1 fully saturated rings. The van der Waals surface area contributed by atoms with Crippen LogP contribution in [-0.4, -0.2) is 7.11 Å². The second-order valence-corrected chi connectivity index (χ2v) is 5.33. The molecule has 1 saturated carbocycles.